The molecule has 0 aliphatic carbocycles. The Balaban J connectivity index is 3.04. The van der Waals surface area contributed by atoms with Crippen LogP contribution >= 0.6 is 0 Å². The molecular weight excluding hydrogens is 198 g/mol. The number of rotatable bonds is 3. The zero-order valence-electron chi connectivity index (χ0n) is 7.70. The minimum Gasteiger partial charge on any atom is -0.409 e. The Morgan fingerprint density at radius 3 is 2.80 bits per heavy atom. The molecule has 1 aromatic carbocycles. The summed E-state index contributed by atoms with van der Waals surface area (Å²) in [5, 5.41) is 21.6. The molecule has 0 unspecified atom stereocenters. The molecule has 0 spiro atoms. The molecule has 0 fully saturated rings. The average Bonchev–Trinajstić information content (AvgIpc) is 2.26. The highest BCUT2D eigenvalue weighted by molar-refractivity contribution is 5.95. The third-order valence-corrected chi connectivity index (χ3v) is 1.68. The zero-order chi connectivity index (χ0) is 11.3. The topological polar surface area (TPSA) is 102 Å². The summed E-state index contributed by atoms with van der Waals surface area (Å²) in [5.74, 6) is -0.117. The van der Waals surface area contributed by atoms with E-state index in [9.17, 15) is 10.1 Å². The molecule has 78 valence electrons. The Kier molecular flexibility index (Phi) is 3.39. The van der Waals surface area contributed by atoms with Gasteiger partial charge in [-0.25, -0.2) is 0 Å². The van der Waals surface area contributed by atoms with Crippen molar-refractivity contribution in [3.63, 3.8) is 0 Å². The molecule has 0 aromatic heterocycles. The number of para-hydroxylation sites is 1. The maximum Gasteiger partial charge on any atom is 0.276 e. The predicted molar refractivity (Wildman–Crippen MR) is 55.5 cm³/mol. The molecule has 0 saturated heterocycles. The monoisotopic (exact) mass is 207 g/mol. The zero-order valence-corrected chi connectivity index (χ0v) is 7.70. The van der Waals surface area contributed by atoms with E-state index in [1.807, 2.05) is 0 Å². The van der Waals surface area contributed by atoms with Gasteiger partial charge in [0.1, 0.15) is 0 Å². The predicted octanol–water partition coefficient (Wildman–Crippen LogP) is 1.35. The largest absolute Gasteiger partial charge is 0.409 e. The van der Waals surface area contributed by atoms with Gasteiger partial charge in [-0.15, -0.1) is 0 Å². The molecule has 0 saturated carbocycles. The SMILES string of the molecule is NC(C=Cc1ccccc1[N+](=O)[O-])=NO. The van der Waals surface area contributed by atoms with Crippen molar-refractivity contribution < 1.29 is 10.1 Å². The number of nitrogens with zero attached hydrogens (tertiary/aromatic N) is 2. The maximum atomic E-state index is 10.6. The molecule has 6 heteroatoms. The highest BCUT2D eigenvalue weighted by atomic mass is 16.6. The molecule has 0 aliphatic heterocycles. The van der Waals surface area contributed by atoms with Gasteiger partial charge in [0.25, 0.3) is 5.69 Å². The molecule has 0 heterocycles. The van der Waals surface area contributed by atoms with Gasteiger partial charge in [-0.05, 0) is 18.2 Å². The standard InChI is InChI=1S/C9H9N3O3/c10-9(11-13)6-5-7-3-1-2-4-8(7)12(14)15/h1-6,13H,(H2,10,11). The Morgan fingerprint density at radius 1 is 1.53 bits per heavy atom. The second-order valence-corrected chi connectivity index (χ2v) is 2.67. The van der Waals surface area contributed by atoms with E-state index in [1.165, 1.54) is 18.2 Å². The van der Waals surface area contributed by atoms with Gasteiger partial charge >= 0.3 is 0 Å². The summed E-state index contributed by atoms with van der Waals surface area (Å²) in [6.07, 6.45) is 2.69. The number of hydrogen-bond donors (Lipinski definition) is 2. The summed E-state index contributed by atoms with van der Waals surface area (Å²) in [5.41, 5.74) is 5.56. The summed E-state index contributed by atoms with van der Waals surface area (Å²) >= 11 is 0. The van der Waals surface area contributed by atoms with Gasteiger partial charge in [0.2, 0.25) is 0 Å². The summed E-state index contributed by atoms with van der Waals surface area (Å²) in [6.45, 7) is 0. The molecule has 0 bridgehead atoms. The molecule has 0 amide bonds. The lowest BCUT2D eigenvalue weighted by molar-refractivity contribution is -0.385. The fourth-order valence-electron chi connectivity index (χ4n) is 1.00. The second kappa shape index (κ2) is 4.75. The quantitative estimate of drug-likeness (QED) is 0.257. The number of nitrogens with two attached hydrogens (primary N) is 1. The van der Waals surface area contributed by atoms with E-state index in [0.29, 0.717) is 5.56 Å². The van der Waals surface area contributed by atoms with Crippen LogP contribution in [0.25, 0.3) is 6.08 Å². The number of amidine groups is 1. The van der Waals surface area contributed by atoms with Gasteiger partial charge in [0.15, 0.2) is 5.84 Å². The van der Waals surface area contributed by atoms with Crippen LogP contribution in [-0.4, -0.2) is 16.0 Å². The van der Waals surface area contributed by atoms with Crippen LogP contribution in [0, 0.1) is 10.1 Å². The Bertz CT molecular complexity index is 426. The van der Waals surface area contributed by atoms with Crippen LogP contribution in [0.1, 0.15) is 5.56 Å². The first kappa shape index (κ1) is 10.7. The number of benzene rings is 1. The first-order chi connectivity index (χ1) is 7.15. The van der Waals surface area contributed by atoms with Crippen LogP contribution in [0.15, 0.2) is 35.5 Å². The number of oxime groups is 1. The van der Waals surface area contributed by atoms with Gasteiger partial charge < -0.3 is 10.9 Å². The van der Waals surface area contributed by atoms with Gasteiger partial charge in [-0.2, -0.15) is 0 Å². The lowest BCUT2D eigenvalue weighted by atomic mass is 10.1. The van der Waals surface area contributed by atoms with Gasteiger partial charge in [-0.1, -0.05) is 17.3 Å². The molecule has 0 atom stereocenters. The van der Waals surface area contributed by atoms with Crippen molar-refractivity contribution in [3.8, 4) is 0 Å². The maximum absolute atomic E-state index is 10.6. The van der Waals surface area contributed by atoms with Crippen molar-refractivity contribution >= 4 is 17.6 Å². The third kappa shape index (κ3) is 2.80. The molecule has 3 N–H and O–H groups in total. The summed E-state index contributed by atoms with van der Waals surface area (Å²) in [7, 11) is 0. The van der Waals surface area contributed by atoms with Gasteiger partial charge in [-0.3, -0.25) is 10.1 Å². The fourth-order valence-corrected chi connectivity index (χ4v) is 1.00. The smallest absolute Gasteiger partial charge is 0.276 e. The van der Waals surface area contributed by atoms with Crippen molar-refractivity contribution in [1.29, 1.82) is 0 Å². The summed E-state index contributed by atoms with van der Waals surface area (Å²) in [4.78, 5) is 10.1. The van der Waals surface area contributed by atoms with E-state index >= 15 is 0 Å². The Hall–Kier alpha value is -2.37. The average molecular weight is 207 g/mol. The van der Waals surface area contributed by atoms with Gasteiger partial charge in [0.05, 0.1) is 10.5 Å². The van der Waals surface area contributed by atoms with Crippen LogP contribution < -0.4 is 5.73 Å². The lowest BCUT2D eigenvalue weighted by Gasteiger charge is -1.95. The van der Waals surface area contributed by atoms with E-state index in [-0.39, 0.29) is 11.5 Å². The van der Waals surface area contributed by atoms with E-state index in [1.54, 1.807) is 18.2 Å². The van der Waals surface area contributed by atoms with E-state index in [0.717, 1.165) is 0 Å². The van der Waals surface area contributed by atoms with Crippen molar-refractivity contribution in [2.45, 2.75) is 0 Å². The number of nitro benzene ring substituents is 1. The van der Waals surface area contributed by atoms with Crippen LogP contribution in [0.3, 0.4) is 0 Å². The van der Waals surface area contributed by atoms with Crippen molar-refractivity contribution in [2.75, 3.05) is 0 Å². The van der Waals surface area contributed by atoms with E-state index in [4.69, 9.17) is 10.9 Å². The number of nitro groups is 1. The van der Waals surface area contributed by atoms with Crippen molar-refractivity contribution in [3.05, 3.63) is 46.0 Å². The molecule has 0 aliphatic rings. The fraction of sp³-hybridized carbons (Fsp3) is 0. The van der Waals surface area contributed by atoms with Crippen molar-refractivity contribution in [2.24, 2.45) is 10.9 Å². The second-order valence-electron chi connectivity index (χ2n) is 2.67. The van der Waals surface area contributed by atoms with Crippen LogP contribution in [0.2, 0.25) is 0 Å². The molecule has 15 heavy (non-hydrogen) atoms. The highest BCUT2D eigenvalue weighted by Gasteiger charge is 2.08. The Morgan fingerprint density at radius 2 is 2.20 bits per heavy atom. The van der Waals surface area contributed by atoms with E-state index < -0.39 is 4.92 Å². The minimum absolute atomic E-state index is 0.0283. The molecule has 6 nitrogen and oxygen atoms in total. The van der Waals surface area contributed by atoms with Crippen LogP contribution in [0.5, 0.6) is 0 Å². The minimum atomic E-state index is -0.494. The highest BCUT2D eigenvalue weighted by Crippen LogP contribution is 2.18. The molecule has 1 aromatic rings. The van der Waals surface area contributed by atoms with E-state index in [2.05, 4.69) is 5.16 Å². The van der Waals surface area contributed by atoms with Gasteiger partial charge in [0, 0.05) is 6.07 Å². The van der Waals surface area contributed by atoms with Crippen molar-refractivity contribution in [1.82, 2.24) is 0 Å². The normalized spacial score (nSPS) is 11.9. The van der Waals surface area contributed by atoms with Crippen LogP contribution in [-0.2, 0) is 0 Å². The number of hydrogen-bond acceptors (Lipinski definition) is 4. The molecule has 1 rings (SSSR count). The lowest BCUT2D eigenvalue weighted by Crippen LogP contribution is -2.06. The summed E-state index contributed by atoms with van der Waals surface area (Å²) < 4.78 is 0. The Labute approximate surface area is 85.5 Å². The third-order valence-electron chi connectivity index (χ3n) is 1.68. The molecular formula is C9H9N3O3. The molecule has 0 radical (unpaired) electrons. The first-order valence-electron chi connectivity index (χ1n) is 4.04. The first-order valence-corrected chi connectivity index (χ1v) is 4.04. The summed E-state index contributed by atoms with van der Waals surface area (Å²) in [6, 6.07) is 6.18. The van der Waals surface area contributed by atoms with Crippen LogP contribution in [0.4, 0.5) is 5.69 Å².